The van der Waals surface area contributed by atoms with Gasteiger partial charge in [0.15, 0.2) is 0 Å². The SMILES string of the molecule is Cc1c(C(=O)O)sc2nc3n(c(=O)c12)CCC3=Cc1cccc(F)c1. The molecule has 3 heterocycles. The van der Waals surface area contributed by atoms with E-state index in [9.17, 15) is 19.1 Å². The van der Waals surface area contributed by atoms with E-state index in [0.29, 0.717) is 40.1 Å². The number of hydrogen-bond acceptors (Lipinski definition) is 4. The number of fused-ring (bicyclic) bond motifs is 2. The molecule has 0 bridgehead atoms. The Morgan fingerprint density at radius 3 is 2.96 bits per heavy atom. The number of hydrogen-bond donors (Lipinski definition) is 1. The monoisotopic (exact) mass is 356 g/mol. The number of carbonyl (C=O) groups is 1. The molecule has 1 aliphatic rings. The van der Waals surface area contributed by atoms with Gasteiger partial charge >= 0.3 is 5.97 Å². The molecule has 0 unspecified atom stereocenters. The highest BCUT2D eigenvalue weighted by atomic mass is 32.1. The molecule has 0 amide bonds. The zero-order valence-electron chi connectivity index (χ0n) is 13.2. The Labute approximate surface area is 145 Å². The van der Waals surface area contributed by atoms with Crippen LogP contribution in [0.4, 0.5) is 4.39 Å². The highest BCUT2D eigenvalue weighted by molar-refractivity contribution is 7.20. The summed E-state index contributed by atoms with van der Waals surface area (Å²) < 4.78 is 14.9. The van der Waals surface area contributed by atoms with E-state index in [1.54, 1.807) is 23.6 Å². The van der Waals surface area contributed by atoms with Gasteiger partial charge in [-0.15, -0.1) is 11.3 Å². The second-order valence-corrected chi connectivity index (χ2v) is 6.91. The van der Waals surface area contributed by atoms with Crippen LogP contribution >= 0.6 is 11.3 Å². The van der Waals surface area contributed by atoms with Crippen molar-refractivity contribution in [2.75, 3.05) is 0 Å². The lowest BCUT2D eigenvalue weighted by atomic mass is 10.1. The Balaban J connectivity index is 1.92. The van der Waals surface area contributed by atoms with E-state index < -0.39 is 5.97 Å². The van der Waals surface area contributed by atoms with Crippen LogP contribution < -0.4 is 5.56 Å². The fraction of sp³-hybridized carbons (Fsp3) is 0.167. The minimum atomic E-state index is -1.06. The lowest BCUT2D eigenvalue weighted by molar-refractivity contribution is 0.0701. The number of nitrogens with zero attached hydrogens (tertiary/aromatic N) is 2. The van der Waals surface area contributed by atoms with Gasteiger partial charge in [0.1, 0.15) is 21.3 Å². The second-order valence-electron chi connectivity index (χ2n) is 5.91. The summed E-state index contributed by atoms with van der Waals surface area (Å²) in [6.07, 6.45) is 2.44. The summed E-state index contributed by atoms with van der Waals surface area (Å²) in [4.78, 5) is 29.2. The maximum atomic E-state index is 13.4. The third-order valence-electron chi connectivity index (χ3n) is 4.33. The van der Waals surface area contributed by atoms with Crippen molar-refractivity contribution in [3.05, 3.63) is 62.3 Å². The summed E-state index contributed by atoms with van der Waals surface area (Å²) in [6, 6.07) is 6.21. The van der Waals surface area contributed by atoms with E-state index in [-0.39, 0.29) is 16.3 Å². The van der Waals surface area contributed by atoms with Gasteiger partial charge in [-0.3, -0.25) is 9.36 Å². The molecular formula is C18H13FN2O3S. The number of carboxylic acids is 1. The molecule has 1 aromatic carbocycles. The first-order valence-electron chi connectivity index (χ1n) is 7.69. The van der Waals surface area contributed by atoms with E-state index in [2.05, 4.69) is 4.98 Å². The predicted octanol–water partition coefficient (Wildman–Crippen LogP) is 3.55. The fourth-order valence-corrected chi connectivity index (χ4v) is 4.16. The fourth-order valence-electron chi connectivity index (χ4n) is 3.15. The molecule has 0 saturated carbocycles. The highest BCUT2D eigenvalue weighted by Crippen LogP contribution is 2.32. The third kappa shape index (κ3) is 2.47. The predicted molar refractivity (Wildman–Crippen MR) is 94.5 cm³/mol. The summed E-state index contributed by atoms with van der Waals surface area (Å²) in [6.45, 7) is 2.12. The van der Waals surface area contributed by atoms with Gasteiger partial charge in [-0.2, -0.15) is 0 Å². The van der Waals surface area contributed by atoms with Crippen molar-refractivity contribution in [3.63, 3.8) is 0 Å². The number of aryl methyl sites for hydroxylation is 1. The first kappa shape index (κ1) is 15.7. The molecule has 0 radical (unpaired) electrons. The quantitative estimate of drug-likeness (QED) is 0.762. The zero-order valence-corrected chi connectivity index (χ0v) is 14.1. The molecule has 1 aliphatic heterocycles. The molecule has 4 rings (SSSR count). The molecule has 2 aromatic heterocycles. The smallest absolute Gasteiger partial charge is 0.346 e. The number of allylic oxidation sites excluding steroid dienone is 1. The van der Waals surface area contributed by atoms with E-state index in [1.807, 2.05) is 6.08 Å². The number of aromatic carboxylic acids is 1. The number of thiophene rings is 1. The van der Waals surface area contributed by atoms with Gasteiger partial charge in [0.25, 0.3) is 5.56 Å². The van der Waals surface area contributed by atoms with Gasteiger partial charge in [-0.25, -0.2) is 14.2 Å². The molecule has 25 heavy (non-hydrogen) atoms. The maximum Gasteiger partial charge on any atom is 0.346 e. The molecule has 126 valence electrons. The largest absolute Gasteiger partial charge is 0.477 e. The molecule has 0 fully saturated rings. The highest BCUT2D eigenvalue weighted by Gasteiger charge is 2.25. The van der Waals surface area contributed by atoms with Gasteiger partial charge in [0, 0.05) is 6.54 Å². The van der Waals surface area contributed by atoms with Gasteiger partial charge in [-0.05, 0) is 48.3 Å². The van der Waals surface area contributed by atoms with Crippen LogP contribution in [-0.4, -0.2) is 20.6 Å². The molecule has 5 nitrogen and oxygen atoms in total. The molecular weight excluding hydrogens is 343 g/mol. The van der Waals surface area contributed by atoms with Crippen LogP contribution in [0.25, 0.3) is 21.9 Å². The number of benzene rings is 1. The van der Waals surface area contributed by atoms with E-state index in [4.69, 9.17) is 0 Å². The van der Waals surface area contributed by atoms with Crippen molar-refractivity contribution in [1.82, 2.24) is 9.55 Å². The summed E-state index contributed by atoms with van der Waals surface area (Å²) in [5, 5.41) is 9.64. The first-order chi connectivity index (χ1) is 12.0. The normalized spacial score (nSPS) is 15.0. The molecule has 0 spiro atoms. The summed E-state index contributed by atoms with van der Waals surface area (Å²) >= 11 is 1.01. The number of carboxylic acid groups (broad SMARTS) is 1. The van der Waals surface area contributed by atoms with Crippen molar-refractivity contribution in [3.8, 4) is 0 Å². The number of halogens is 1. The first-order valence-corrected chi connectivity index (χ1v) is 8.51. The van der Waals surface area contributed by atoms with Crippen molar-refractivity contribution in [2.45, 2.75) is 19.9 Å². The molecule has 0 aliphatic carbocycles. The van der Waals surface area contributed by atoms with Crippen LogP contribution in [0.5, 0.6) is 0 Å². The maximum absolute atomic E-state index is 13.4. The summed E-state index contributed by atoms with van der Waals surface area (Å²) in [5.41, 5.74) is 1.78. The Hall–Kier alpha value is -2.80. The van der Waals surface area contributed by atoms with Crippen molar-refractivity contribution in [2.24, 2.45) is 0 Å². The van der Waals surface area contributed by atoms with Gasteiger partial charge < -0.3 is 5.11 Å². The van der Waals surface area contributed by atoms with Crippen molar-refractivity contribution < 1.29 is 14.3 Å². The number of aromatic nitrogens is 2. The average Bonchev–Trinajstić information content (AvgIpc) is 3.10. The Bertz CT molecular complexity index is 1130. The van der Waals surface area contributed by atoms with Gasteiger partial charge in [-0.1, -0.05) is 12.1 Å². The lowest BCUT2D eigenvalue weighted by Gasteiger charge is -2.03. The van der Waals surface area contributed by atoms with Crippen molar-refractivity contribution in [1.29, 1.82) is 0 Å². The molecule has 0 saturated heterocycles. The van der Waals surface area contributed by atoms with Gasteiger partial charge in [0.2, 0.25) is 0 Å². The standard InChI is InChI=1S/C18H13FN2O3S/c1-9-13-16(25-14(9)18(23)24)20-15-11(5-6-21(15)17(13)22)7-10-3-2-4-12(19)8-10/h2-4,7-8H,5-6H2,1H3,(H,23,24). The van der Waals surface area contributed by atoms with Crippen LogP contribution in [0.2, 0.25) is 0 Å². The van der Waals surface area contributed by atoms with Crippen LogP contribution in [-0.2, 0) is 6.54 Å². The van der Waals surface area contributed by atoms with Crippen LogP contribution in [0, 0.1) is 12.7 Å². The Morgan fingerprint density at radius 1 is 1.44 bits per heavy atom. The summed E-state index contributed by atoms with van der Waals surface area (Å²) in [5.74, 6) is -0.853. The zero-order chi connectivity index (χ0) is 17.7. The topological polar surface area (TPSA) is 72.2 Å². The second kappa shape index (κ2) is 5.63. The van der Waals surface area contributed by atoms with Crippen LogP contribution in [0.15, 0.2) is 29.1 Å². The lowest BCUT2D eigenvalue weighted by Crippen LogP contribution is -2.20. The van der Waals surface area contributed by atoms with E-state index in [0.717, 1.165) is 16.9 Å². The summed E-state index contributed by atoms with van der Waals surface area (Å²) in [7, 11) is 0. The van der Waals surface area contributed by atoms with Crippen LogP contribution in [0.1, 0.15) is 33.0 Å². The Morgan fingerprint density at radius 2 is 2.24 bits per heavy atom. The average molecular weight is 356 g/mol. The van der Waals surface area contributed by atoms with E-state index >= 15 is 0 Å². The third-order valence-corrected chi connectivity index (χ3v) is 5.50. The van der Waals surface area contributed by atoms with Gasteiger partial charge in [0.05, 0.1) is 5.39 Å². The minimum absolute atomic E-state index is 0.138. The van der Waals surface area contributed by atoms with Crippen LogP contribution in [0.3, 0.4) is 0 Å². The van der Waals surface area contributed by atoms with Crippen molar-refractivity contribution >= 4 is 39.2 Å². The molecule has 0 atom stereocenters. The minimum Gasteiger partial charge on any atom is -0.477 e. The molecule has 7 heteroatoms. The Kier molecular flexibility index (Phi) is 3.54. The van der Waals surface area contributed by atoms with E-state index in [1.165, 1.54) is 12.1 Å². The number of rotatable bonds is 2. The molecule has 3 aromatic rings. The molecule has 1 N–H and O–H groups in total.